The van der Waals surface area contributed by atoms with E-state index in [1.165, 1.54) is 0 Å². The van der Waals surface area contributed by atoms with Gasteiger partial charge in [0.2, 0.25) is 11.8 Å². The summed E-state index contributed by atoms with van der Waals surface area (Å²) in [5, 5.41) is 16.5. The molecule has 0 radical (unpaired) electrons. The first kappa shape index (κ1) is 30.9. The maximum Gasteiger partial charge on any atom is 0.334 e. The third-order valence-corrected chi connectivity index (χ3v) is 9.54. The van der Waals surface area contributed by atoms with Crippen molar-refractivity contribution in [1.29, 1.82) is 0 Å². The number of allylic oxidation sites excluding steroid dienone is 2. The van der Waals surface area contributed by atoms with Crippen LogP contribution in [-0.4, -0.2) is 112 Å². The summed E-state index contributed by atoms with van der Waals surface area (Å²) in [6.07, 6.45) is 6.30. The lowest BCUT2D eigenvalue weighted by atomic mass is 9.95. The third kappa shape index (κ3) is 6.77. The fraction of sp³-hybridized carbons (Fsp3) is 0.394. The Morgan fingerprint density at radius 3 is 2.69 bits per heavy atom. The number of carbonyl (C=O) groups excluding carboxylic acids is 3. The van der Waals surface area contributed by atoms with E-state index >= 15 is 0 Å². The standard InChI is InChI=1S/C33H38N6O5S/c1-44-16-6-15-37-21-30(41)38-27(17-23-11-13-26(40)14-12-23)32(42)36(19-25-9-5-10-28-31(25)35-22-45-28)20-29(38)39(37)33(43)34-18-24-7-3-2-4-8-24/h2-5,7-14,22,27-29,31,40H,6,15-21H2,1H3,(H,34,43). The van der Waals surface area contributed by atoms with Gasteiger partial charge in [0, 0.05) is 39.8 Å². The number of thioether (sulfide) groups is 1. The van der Waals surface area contributed by atoms with E-state index in [0.29, 0.717) is 32.7 Å². The number of hydrogen-bond acceptors (Lipinski definition) is 8. The summed E-state index contributed by atoms with van der Waals surface area (Å²) in [5.41, 5.74) is 4.64. The summed E-state index contributed by atoms with van der Waals surface area (Å²) in [7, 11) is 1.62. The number of aliphatic imine (C=N–C) groups is 1. The van der Waals surface area contributed by atoms with Crippen LogP contribution in [0.1, 0.15) is 17.5 Å². The van der Waals surface area contributed by atoms with Crippen LogP contribution in [0, 0.1) is 0 Å². The third-order valence-electron chi connectivity index (χ3n) is 8.57. The van der Waals surface area contributed by atoms with Crippen LogP contribution in [0.25, 0.3) is 0 Å². The van der Waals surface area contributed by atoms with Gasteiger partial charge in [-0.25, -0.2) is 14.8 Å². The molecule has 11 nitrogen and oxygen atoms in total. The highest BCUT2D eigenvalue weighted by Gasteiger charge is 2.51. The molecule has 2 fully saturated rings. The fourth-order valence-corrected chi connectivity index (χ4v) is 7.29. The summed E-state index contributed by atoms with van der Waals surface area (Å²) < 4.78 is 5.27. The summed E-state index contributed by atoms with van der Waals surface area (Å²) >= 11 is 1.66. The van der Waals surface area contributed by atoms with Gasteiger partial charge >= 0.3 is 6.03 Å². The van der Waals surface area contributed by atoms with Gasteiger partial charge in [-0.05, 0) is 35.3 Å². The van der Waals surface area contributed by atoms with Crippen molar-refractivity contribution in [1.82, 2.24) is 25.1 Å². The number of hydrazine groups is 1. The Labute approximate surface area is 267 Å². The normalized spacial score (nSPS) is 24.5. The van der Waals surface area contributed by atoms with E-state index in [0.717, 1.165) is 16.7 Å². The van der Waals surface area contributed by atoms with Crippen molar-refractivity contribution in [2.75, 3.05) is 39.9 Å². The lowest BCUT2D eigenvalue weighted by Crippen LogP contribution is -2.77. The molecule has 0 spiro atoms. The molecule has 45 heavy (non-hydrogen) atoms. The van der Waals surface area contributed by atoms with E-state index in [1.807, 2.05) is 48.0 Å². The maximum atomic E-state index is 14.3. The average Bonchev–Trinajstić information content (AvgIpc) is 3.54. The van der Waals surface area contributed by atoms with E-state index in [-0.39, 0.29) is 54.4 Å². The number of aromatic hydroxyl groups is 1. The van der Waals surface area contributed by atoms with Crippen molar-refractivity contribution in [3.05, 3.63) is 89.5 Å². The predicted octanol–water partition coefficient (Wildman–Crippen LogP) is 2.79. The SMILES string of the molecule is COCCCN1CC(=O)N2C(Cc3ccc(O)cc3)C(=O)N(CC3=CC=CC4SC=NC34)CC2N1C(=O)NCc1ccccc1. The summed E-state index contributed by atoms with van der Waals surface area (Å²) in [6, 6.07) is 15.1. The largest absolute Gasteiger partial charge is 0.508 e. The number of fused-ring (bicyclic) bond motifs is 2. The molecule has 236 valence electrons. The number of urea groups is 1. The number of hydrogen-bond donors (Lipinski definition) is 2. The zero-order valence-electron chi connectivity index (χ0n) is 25.2. The van der Waals surface area contributed by atoms with Gasteiger partial charge in [-0.3, -0.25) is 14.6 Å². The lowest BCUT2D eigenvalue weighted by Gasteiger charge is -2.55. The van der Waals surface area contributed by atoms with E-state index in [9.17, 15) is 19.5 Å². The van der Waals surface area contributed by atoms with Gasteiger partial charge in [0.05, 0.1) is 29.9 Å². The minimum Gasteiger partial charge on any atom is -0.508 e. The Bertz CT molecular complexity index is 1480. The topological polar surface area (TPSA) is 118 Å². The van der Waals surface area contributed by atoms with Crippen LogP contribution >= 0.6 is 11.8 Å². The average molecular weight is 631 g/mol. The second kappa shape index (κ2) is 13.9. The monoisotopic (exact) mass is 630 g/mol. The highest BCUT2D eigenvalue weighted by Crippen LogP contribution is 2.34. The molecular formula is C33H38N6O5S. The number of phenolic OH excluding ortho intramolecular Hbond substituents is 1. The highest BCUT2D eigenvalue weighted by molar-refractivity contribution is 8.13. The number of carbonyl (C=O) groups is 3. The van der Waals surface area contributed by atoms with Gasteiger partial charge in [0.15, 0.2) is 0 Å². The molecule has 0 bridgehead atoms. The first-order valence-corrected chi connectivity index (χ1v) is 16.1. The van der Waals surface area contributed by atoms with Crippen molar-refractivity contribution in [2.24, 2.45) is 4.99 Å². The fourth-order valence-electron chi connectivity index (χ4n) is 6.37. The zero-order valence-corrected chi connectivity index (χ0v) is 26.0. The molecule has 2 aromatic rings. The van der Waals surface area contributed by atoms with Crippen molar-refractivity contribution in [3.63, 3.8) is 0 Å². The van der Waals surface area contributed by atoms with Gasteiger partial charge in [-0.1, -0.05) is 60.7 Å². The molecular weight excluding hydrogens is 592 g/mol. The lowest BCUT2D eigenvalue weighted by molar-refractivity contribution is -0.190. The Kier molecular flexibility index (Phi) is 9.53. The minimum absolute atomic E-state index is 0.0377. The van der Waals surface area contributed by atoms with E-state index < -0.39 is 12.2 Å². The molecule has 4 amide bonds. The Hall–Kier alpha value is -4.13. The van der Waals surface area contributed by atoms with E-state index in [1.54, 1.807) is 63.0 Å². The molecule has 2 N–H and O–H groups in total. The molecule has 3 aliphatic heterocycles. The quantitative estimate of drug-likeness (QED) is 0.388. The Balaban J connectivity index is 1.33. The molecule has 2 aromatic carbocycles. The molecule has 0 aromatic heterocycles. The number of nitrogens with one attached hydrogen (secondary N) is 1. The number of phenols is 1. The number of nitrogens with zero attached hydrogens (tertiary/aromatic N) is 5. The van der Waals surface area contributed by atoms with Gasteiger partial charge < -0.3 is 25.0 Å². The van der Waals surface area contributed by atoms with Crippen LogP contribution in [0.5, 0.6) is 5.75 Å². The maximum absolute atomic E-state index is 14.3. The second-order valence-electron chi connectivity index (χ2n) is 11.5. The number of rotatable bonds is 10. The molecule has 1 aliphatic carbocycles. The van der Waals surface area contributed by atoms with Crippen molar-refractivity contribution >= 4 is 35.2 Å². The van der Waals surface area contributed by atoms with Gasteiger partial charge in [0.1, 0.15) is 18.0 Å². The molecule has 2 saturated heterocycles. The highest BCUT2D eigenvalue weighted by atomic mass is 32.2. The van der Waals surface area contributed by atoms with Crippen LogP contribution in [0.4, 0.5) is 4.79 Å². The number of amides is 4. The van der Waals surface area contributed by atoms with Crippen LogP contribution in [-0.2, 0) is 27.3 Å². The number of piperazine rings is 1. The molecule has 12 heteroatoms. The number of methoxy groups -OCH3 is 1. The van der Waals surface area contributed by atoms with Crippen molar-refractivity contribution in [3.8, 4) is 5.75 Å². The van der Waals surface area contributed by atoms with Crippen molar-refractivity contribution in [2.45, 2.75) is 42.9 Å². The number of ether oxygens (including phenoxy) is 1. The first-order chi connectivity index (χ1) is 21.9. The summed E-state index contributed by atoms with van der Waals surface area (Å²) in [6.45, 7) is 1.70. The second-order valence-corrected chi connectivity index (χ2v) is 12.6. The summed E-state index contributed by atoms with van der Waals surface area (Å²) in [5.74, 6) is -0.262. The van der Waals surface area contributed by atoms with Gasteiger partial charge in [0.25, 0.3) is 0 Å². The van der Waals surface area contributed by atoms with E-state index in [4.69, 9.17) is 4.74 Å². The molecule has 4 unspecified atom stereocenters. The Morgan fingerprint density at radius 2 is 1.91 bits per heavy atom. The minimum atomic E-state index is -0.830. The van der Waals surface area contributed by atoms with Crippen LogP contribution in [0.3, 0.4) is 0 Å². The summed E-state index contributed by atoms with van der Waals surface area (Å²) in [4.78, 5) is 50.3. The van der Waals surface area contributed by atoms with Gasteiger partial charge in [-0.15, -0.1) is 11.8 Å². The van der Waals surface area contributed by atoms with Crippen LogP contribution < -0.4 is 5.32 Å². The first-order valence-electron chi connectivity index (χ1n) is 15.2. The molecule has 0 saturated carbocycles. The Morgan fingerprint density at radius 1 is 1.11 bits per heavy atom. The predicted molar refractivity (Wildman–Crippen MR) is 172 cm³/mol. The van der Waals surface area contributed by atoms with Crippen molar-refractivity contribution < 1.29 is 24.2 Å². The smallest absolute Gasteiger partial charge is 0.334 e. The molecule has 6 rings (SSSR count). The van der Waals surface area contributed by atoms with Gasteiger partial charge in [-0.2, -0.15) is 0 Å². The number of benzene rings is 2. The molecule has 4 atom stereocenters. The molecule has 4 aliphatic rings. The van der Waals surface area contributed by atoms with Crippen LogP contribution in [0.2, 0.25) is 0 Å². The molecule has 3 heterocycles. The van der Waals surface area contributed by atoms with Crippen LogP contribution in [0.15, 0.2) is 83.4 Å². The van der Waals surface area contributed by atoms with E-state index in [2.05, 4.69) is 16.4 Å². The zero-order chi connectivity index (χ0) is 31.3.